The van der Waals surface area contributed by atoms with Crippen LogP contribution in [-0.2, 0) is 0 Å². The Hall–Kier alpha value is -5.80. The summed E-state index contributed by atoms with van der Waals surface area (Å²) in [7, 11) is 0. The summed E-state index contributed by atoms with van der Waals surface area (Å²) in [6, 6.07) is 53.7. The van der Waals surface area contributed by atoms with Gasteiger partial charge < -0.3 is 0 Å². The summed E-state index contributed by atoms with van der Waals surface area (Å²) in [6.45, 7) is 0. The highest BCUT2D eigenvalue weighted by molar-refractivity contribution is 6.14. The summed E-state index contributed by atoms with van der Waals surface area (Å²) >= 11 is 0. The number of fused-ring (bicyclic) bond motifs is 6. The number of para-hydroxylation sites is 1. The molecule has 43 heavy (non-hydrogen) atoms. The third kappa shape index (κ3) is 3.83. The van der Waals surface area contributed by atoms with Crippen molar-refractivity contribution in [1.82, 2.24) is 14.5 Å². The van der Waals surface area contributed by atoms with Crippen LogP contribution in [0.2, 0.25) is 0 Å². The predicted octanol–water partition coefficient (Wildman–Crippen LogP) is 10.4. The van der Waals surface area contributed by atoms with Gasteiger partial charge in [-0.15, -0.1) is 0 Å². The zero-order valence-electron chi connectivity index (χ0n) is 23.3. The normalized spacial score (nSPS) is 11.7. The molecule has 2 aromatic heterocycles. The molecule has 0 aliphatic heterocycles. The molecule has 0 fully saturated rings. The smallest absolute Gasteiger partial charge is 0.165 e. The van der Waals surface area contributed by atoms with Crippen LogP contribution >= 0.6 is 0 Å². The molecule has 0 N–H and O–H groups in total. The Labute approximate surface area is 248 Å². The topological polar surface area (TPSA) is 30.7 Å². The number of hydrogen-bond donors (Lipinski definition) is 0. The molecule has 9 rings (SSSR count). The largest absolute Gasteiger partial charge is 0.292 e. The summed E-state index contributed by atoms with van der Waals surface area (Å²) in [5.41, 5.74) is 8.17. The Morgan fingerprint density at radius 1 is 0.372 bits per heavy atom. The van der Waals surface area contributed by atoms with Gasteiger partial charge in [0.05, 0.1) is 22.1 Å². The average Bonchev–Trinajstić information content (AvgIpc) is 3.39. The summed E-state index contributed by atoms with van der Waals surface area (Å²) in [5, 5.41) is 7.22. The first-order valence-corrected chi connectivity index (χ1v) is 14.6. The van der Waals surface area contributed by atoms with E-state index in [2.05, 4.69) is 150 Å². The second-order valence-electron chi connectivity index (χ2n) is 11.1. The van der Waals surface area contributed by atoms with E-state index in [-0.39, 0.29) is 0 Å². The van der Waals surface area contributed by atoms with Crippen LogP contribution in [0.3, 0.4) is 0 Å². The first kappa shape index (κ1) is 23.9. The lowest BCUT2D eigenvalue weighted by atomic mass is 10.0. The first-order chi connectivity index (χ1) is 21.3. The molecule has 0 unspecified atom stereocenters. The van der Waals surface area contributed by atoms with E-state index >= 15 is 0 Å². The quantitative estimate of drug-likeness (QED) is 0.220. The fraction of sp³-hybridized carbons (Fsp3) is 0. The zero-order valence-corrected chi connectivity index (χ0v) is 23.3. The lowest BCUT2D eigenvalue weighted by molar-refractivity contribution is 1.08. The van der Waals surface area contributed by atoms with E-state index in [9.17, 15) is 0 Å². The second kappa shape index (κ2) is 9.37. The monoisotopic (exact) mass is 547 g/mol. The van der Waals surface area contributed by atoms with Crippen molar-refractivity contribution in [2.75, 3.05) is 0 Å². The zero-order chi connectivity index (χ0) is 28.3. The fourth-order valence-electron chi connectivity index (χ4n) is 6.42. The van der Waals surface area contributed by atoms with E-state index < -0.39 is 0 Å². The summed E-state index contributed by atoms with van der Waals surface area (Å²) in [5.74, 6) is 0.830. The highest BCUT2D eigenvalue weighted by Gasteiger charge is 2.20. The van der Waals surface area contributed by atoms with Crippen molar-refractivity contribution in [3.8, 4) is 28.2 Å². The molecule has 3 nitrogen and oxygen atoms in total. The van der Waals surface area contributed by atoms with Crippen molar-refractivity contribution in [2.24, 2.45) is 0 Å². The van der Waals surface area contributed by atoms with Crippen molar-refractivity contribution in [2.45, 2.75) is 0 Å². The molecule has 7 aromatic carbocycles. The molecule has 0 radical (unpaired) electrons. The Morgan fingerprint density at radius 2 is 1.05 bits per heavy atom. The van der Waals surface area contributed by atoms with Gasteiger partial charge in [-0.3, -0.25) is 4.57 Å². The van der Waals surface area contributed by atoms with E-state index in [1.807, 2.05) is 6.07 Å². The van der Waals surface area contributed by atoms with Crippen molar-refractivity contribution in [3.63, 3.8) is 0 Å². The van der Waals surface area contributed by atoms with Crippen LogP contribution < -0.4 is 0 Å². The van der Waals surface area contributed by atoms with Crippen molar-refractivity contribution in [3.05, 3.63) is 152 Å². The van der Waals surface area contributed by atoms with Crippen molar-refractivity contribution >= 4 is 54.4 Å². The lowest BCUT2D eigenvalue weighted by Crippen LogP contribution is -2.04. The average molecular weight is 548 g/mol. The van der Waals surface area contributed by atoms with E-state index in [0.717, 1.165) is 50.3 Å². The Morgan fingerprint density at radius 3 is 1.88 bits per heavy atom. The molecule has 200 valence electrons. The van der Waals surface area contributed by atoms with Crippen LogP contribution in [0.15, 0.2) is 152 Å². The minimum Gasteiger partial charge on any atom is -0.292 e. The van der Waals surface area contributed by atoms with Crippen LogP contribution in [0.4, 0.5) is 0 Å². The van der Waals surface area contributed by atoms with Gasteiger partial charge in [-0.1, -0.05) is 115 Å². The molecule has 0 aliphatic rings. The predicted molar refractivity (Wildman–Crippen MR) is 180 cm³/mol. The molecular weight excluding hydrogens is 522 g/mol. The van der Waals surface area contributed by atoms with E-state index in [1.54, 1.807) is 0 Å². The van der Waals surface area contributed by atoms with Gasteiger partial charge in [-0.2, -0.15) is 0 Å². The van der Waals surface area contributed by atoms with E-state index in [1.165, 1.54) is 32.3 Å². The molecule has 0 spiro atoms. The molecule has 9 aromatic rings. The molecule has 0 atom stereocenters. The maximum absolute atomic E-state index is 5.39. The summed E-state index contributed by atoms with van der Waals surface area (Å²) < 4.78 is 2.30. The number of nitrogens with zero attached hydrogens (tertiary/aromatic N) is 3. The third-order valence-electron chi connectivity index (χ3n) is 8.53. The Kier molecular flexibility index (Phi) is 5.20. The molecular formula is C40H25N3. The number of aromatic nitrogens is 3. The minimum atomic E-state index is 0.830. The minimum absolute atomic E-state index is 0.830. The second-order valence-corrected chi connectivity index (χ2v) is 11.1. The summed E-state index contributed by atoms with van der Waals surface area (Å²) in [6.07, 6.45) is 0. The molecule has 0 saturated heterocycles. The fourth-order valence-corrected chi connectivity index (χ4v) is 6.42. The highest BCUT2D eigenvalue weighted by atomic mass is 15.1. The van der Waals surface area contributed by atoms with Gasteiger partial charge in [0.25, 0.3) is 0 Å². The van der Waals surface area contributed by atoms with Crippen LogP contribution in [0.25, 0.3) is 82.6 Å². The summed E-state index contributed by atoms with van der Waals surface area (Å²) in [4.78, 5) is 10.8. The van der Waals surface area contributed by atoms with Crippen LogP contribution in [0.1, 0.15) is 0 Å². The molecule has 0 amide bonds. The maximum Gasteiger partial charge on any atom is 0.165 e. The standard InChI is InChI=1S/C40H25N3/c1-2-10-26(11-3-1)31-20-21-35-36(24-31)41-39(32-19-18-27-12-4-5-13-28(27)22-32)40(42-35)43-37-17-9-8-16-33(37)34-23-29-14-6-7-15-30(29)25-38(34)43/h1-25H. The van der Waals surface area contributed by atoms with E-state index in [0.29, 0.717) is 0 Å². The van der Waals surface area contributed by atoms with Gasteiger partial charge in [0.2, 0.25) is 0 Å². The first-order valence-electron chi connectivity index (χ1n) is 14.6. The van der Waals surface area contributed by atoms with Gasteiger partial charge in [0, 0.05) is 16.3 Å². The van der Waals surface area contributed by atoms with Crippen LogP contribution in [0.5, 0.6) is 0 Å². The number of benzene rings is 7. The molecule has 0 saturated carbocycles. The maximum atomic E-state index is 5.39. The van der Waals surface area contributed by atoms with Gasteiger partial charge in [0.1, 0.15) is 5.69 Å². The number of hydrogen-bond acceptors (Lipinski definition) is 2. The van der Waals surface area contributed by atoms with Gasteiger partial charge in [0.15, 0.2) is 5.82 Å². The van der Waals surface area contributed by atoms with Gasteiger partial charge in [-0.05, 0) is 69.1 Å². The Balaban J connectivity index is 1.39. The van der Waals surface area contributed by atoms with Crippen LogP contribution in [-0.4, -0.2) is 14.5 Å². The Bertz CT molecular complexity index is 2510. The third-order valence-corrected chi connectivity index (χ3v) is 8.53. The highest BCUT2D eigenvalue weighted by Crippen LogP contribution is 2.38. The number of rotatable bonds is 3. The molecule has 2 heterocycles. The molecule has 3 heteroatoms. The van der Waals surface area contributed by atoms with Gasteiger partial charge in [-0.25, -0.2) is 9.97 Å². The van der Waals surface area contributed by atoms with Crippen molar-refractivity contribution < 1.29 is 0 Å². The molecule has 0 aliphatic carbocycles. The van der Waals surface area contributed by atoms with Crippen molar-refractivity contribution in [1.29, 1.82) is 0 Å². The van der Waals surface area contributed by atoms with Crippen LogP contribution in [0, 0.1) is 0 Å². The SMILES string of the molecule is c1ccc(-c2ccc3nc(-n4c5ccccc5c5cc6ccccc6cc54)c(-c4ccc5ccccc5c4)nc3c2)cc1. The van der Waals surface area contributed by atoms with Gasteiger partial charge >= 0.3 is 0 Å². The molecule has 0 bridgehead atoms. The van der Waals surface area contributed by atoms with E-state index in [4.69, 9.17) is 9.97 Å². The lowest BCUT2D eigenvalue weighted by Gasteiger charge is -2.15.